The maximum Gasteiger partial charge on any atom is 0.338 e. The predicted octanol–water partition coefficient (Wildman–Crippen LogP) is 16.3. The van der Waals surface area contributed by atoms with E-state index in [1.54, 1.807) is 0 Å². The molecule has 0 saturated carbocycles. The molecule has 0 bridgehead atoms. The SMILES string of the molecule is Cc1cc(C)cc(C(=O)OC[C@@H]([C@@H](OC(=O)c2cc(C)cc(C)c2)c2ccccc2)N(Cc2ccccc2)Cc2cccc(-c3cccc(CN(Cc4ccccc4)[C@@H](COC(=O)c4cc(C)cc(C)c4)[C@@H](OC(=O)c4cc(C)cc(C)c4)c4ccccc4)n3)n2)c1. The molecular weight excluding hydrogens is 1140 g/mol. The Morgan fingerprint density at radius 3 is 0.913 bits per heavy atom. The van der Waals surface area contributed by atoms with E-state index in [1.807, 2.05) is 286 Å². The molecule has 0 unspecified atom stereocenters. The van der Waals surface area contributed by atoms with E-state index in [2.05, 4.69) is 9.80 Å². The zero-order chi connectivity index (χ0) is 64.7. The van der Waals surface area contributed by atoms with E-state index >= 15 is 0 Å². The maximum absolute atomic E-state index is 14.6. The van der Waals surface area contributed by atoms with Crippen LogP contribution in [0.15, 0.2) is 231 Å². The Bertz CT molecular complexity index is 3830. The quantitative estimate of drug-likeness (QED) is 0.0398. The van der Waals surface area contributed by atoms with Gasteiger partial charge in [0.1, 0.15) is 25.4 Å². The highest BCUT2D eigenvalue weighted by Crippen LogP contribution is 2.33. The van der Waals surface area contributed by atoms with Crippen LogP contribution in [0.5, 0.6) is 0 Å². The van der Waals surface area contributed by atoms with E-state index in [0.717, 1.165) is 66.8 Å². The lowest BCUT2D eigenvalue weighted by atomic mass is 9.99. The van der Waals surface area contributed by atoms with Crippen LogP contribution in [0.3, 0.4) is 0 Å². The molecule has 4 atom stereocenters. The van der Waals surface area contributed by atoms with E-state index in [-0.39, 0.29) is 26.3 Å². The highest BCUT2D eigenvalue weighted by Gasteiger charge is 2.37. The number of rotatable bonds is 25. The number of carbonyl (C=O) groups is 4. The number of aryl methyl sites for hydroxylation is 8. The summed E-state index contributed by atoms with van der Waals surface area (Å²) in [6.07, 6.45) is -1.87. The van der Waals surface area contributed by atoms with Gasteiger partial charge in [-0.1, -0.05) is 202 Å². The van der Waals surface area contributed by atoms with Gasteiger partial charge >= 0.3 is 23.9 Å². The summed E-state index contributed by atoms with van der Waals surface area (Å²) in [7, 11) is 0. The molecule has 0 aliphatic rings. The first-order valence-electron chi connectivity index (χ1n) is 31.1. The second kappa shape index (κ2) is 30.6. The van der Waals surface area contributed by atoms with Crippen LogP contribution in [0.1, 0.15) is 132 Å². The number of hydrogen-bond donors (Lipinski definition) is 0. The molecule has 92 heavy (non-hydrogen) atoms. The van der Waals surface area contributed by atoms with E-state index in [0.29, 0.717) is 58.1 Å². The van der Waals surface area contributed by atoms with E-state index < -0.39 is 48.2 Å². The van der Waals surface area contributed by atoms with Gasteiger partial charge in [0.2, 0.25) is 0 Å². The lowest BCUT2D eigenvalue weighted by molar-refractivity contribution is -0.0316. The summed E-state index contributed by atoms with van der Waals surface area (Å²) in [4.78, 5) is 72.6. The fourth-order valence-corrected chi connectivity index (χ4v) is 12.1. The molecule has 12 nitrogen and oxygen atoms in total. The smallest absolute Gasteiger partial charge is 0.338 e. The number of pyridine rings is 2. The van der Waals surface area contributed by atoms with Gasteiger partial charge in [-0.15, -0.1) is 0 Å². The average molecular weight is 1220 g/mol. The molecule has 10 rings (SSSR count). The molecule has 466 valence electrons. The van der Waals surface area contributed by atoms with Crippen LogP contribution in [-0.2, 0) is 45.1 Å². The molecular formula is C80H78N4O8. The second-order valence-electron chi connectivity index (χ2n) is 24.1. The molecule has 0 N–H and O–H groups in total. The first-order valence-corrected chi connectivity index (χ1v) is 31.1. The molecule has 0 fully saturated rings. The fourth-order valence-electron chi connectivity index (χ4n) is 12.1. The van der Waals surface area contributed by atoms with Crippen LogP contribution in [-0.4, -0.2) is 68.9 Å². The largest absolute Gasteiger partial charge is 0.460 e. The zero-order valence-electron chi connectivity index (χ0n) is 53.5. The van der Waals surface area contributed by atoms with Gasteiger partial charge in [-0.3, -0.25) is 9.80 Å². The highest BCUT2D eigenvalue weighted by atomic mass is 16.6. The standard InChI is InChI=1S/C80H78N4O8/c1-53-35-54(2)40-65(39-53)77(85)89-51-73(75(63-27-17-11-18-28-63)91-79(87)67-43-57(5)37-58(6)44-67)83(47-61-23-13-9-14-24-61)49-69-31-21-33-71(81-69)72-34-22-32-70(82-72)50-84(48-62-25-15-10-16-26-62)74(52-90-78(86)66-41-55(3)36-56(4)42-66)76(64-29-19-12-20-30-64)92-80(88)68-45-59(7)38-60(8)46-68/h9-46,73-76H,47-52H2,1-8H3/t73-,74-,75-,76-/m0/s1. The number of benzene rings is 8. The summed E-state index contributed by atoms with van der Waals surface area (Å²) in [5.74, 6) is -2.02. The molecule has 0 aliphatic heterocycles. The van der Waals surface area contributed by atoms with Gasteiger partial charge < -0.3 is 18.9 Å². The molecule has 0 amide bonds. The third-order valence-corrected chi connectivity index (χ3v) is 16.0. The van der Waals surface area contributed by atoms with Crippen LogP contribution in [0.25, 0.3) is 11.4 Å². The topological polar surface area (TPSA) is 137 Å². The number of hydrogen-bond acceptors (Lipinski definition) is 12. The lowest BCUT2D eigenvalue weighted by Gasteiger charge is -2.36. The van der Waals surface area contributed by atoms with Crippen molar-refractivity contribution in [3.63, 3.8) is 0 Å². The minimum absolute atomic E-state index is 0.150. The molecule has 0 spiro atoms. The van der Waals surface area contributed by atoms with Crippen molar-refractivity contribution in [3.8, 4) is 11.4 Å². The van der Waals surface area contributed by atoms with Gasteiger partial charge in [0, 0.05) is 26.2 Å². The minimum atomic E-state index is -0.934. The Hall–Kier alpha value is -10.1. The van der Waals surface area contributed by atoms with Crippen molar-refractivity contribution in [2.24, 2.45) is 0 Å². The van der Waals surface area contributed by atoms with Crippen LogP contribution in [0.4, 0.5) is 0 Å². The van der Waals surface area contributed by atoms with Crippen molar-refractivity contribution >= 4 is 23.9 Å². The van der Waals surface area contributed by atoms with Crippen LogP contribution in [0, 0.1) is 55.4 Å². The van der Waals surface area contributed by atoms with Crippen LogP contribution < -0.4 is 0 Å². The molecule has 0 aliphatic carbocycles. The average Bonchev–Trinajstić information content (AvgIpc) is 1.26. The number of carbonyl (C=O) groups excluding carboxylic acids is 4. The molecule has 2 heterocycles. The van der Waals surface area contributed by atoms with Crippen molar-refractivity contribution in [1.82, 2.24) is 19.8 Å². The third kappa shape index (κ3) is 17.6. The number of nitrogens with zero attached hydrogens (tertiary/aromatic N) is 4. The molecule has 0 radical (unpaired) electrons. The molecule has 8 aromatic carbocycles. The number of aromatic nitrogens is 2. The van der Waals surface area contributed by atoms with Gasteiger partial charge in [0.15, 0.2) is 0 Å². The molecule has 0 saturated heterocycles. The van der Waals surface area contributed by atoms with Gasteiger partial charge in [-0.05, 0) is 150 Å². The van der Waals surface area contributed by atoms with Crippen molar-refractivity contribution < 1.29 is 38.1 Å². The second-order valence-corrected chi connectivity index (χ2v) is 24.1. The number of ether oxygens (including phenoxy) is 4. The van der Waals surface area contributed by atoms with Gasteiger partial charge in [-0.2, -0.15) is 0 Å². The monoisotopic (exact) mass is 1220 g/mol. The van der Waals surface area contributed by atoms with Gasteiger partial charge in [-0.25, -0.2) is 29.1 Å². The predicted molar refractivity (Wildman–Crippen MR) is 360 cm³/mol. The summed E-state index contributed by atoms with van der Waals surface area (Å²) in [5, 5.41) is 0. The zero-order valence-corrected chi connectivity index (χ0v) is 53.5. The Morgan fingerprint density at radius 1 is 0.326 bits per heavy atom. The Kier molecular flexibility index (Phi) is 21.6. The van der Waals surface area contributed by atoms with Gasteiger partial charge in [0.05, 0.1) is 57.1 Å². The summed E-state index contributed by atoms with van der Waals surface area (Å²) in [6, 6.07) is 72.0. The Labute approximate surface area is 540 Å². The van der Waals surface area contributed by atoms with Crippen LogP contribution in [0.2, 0.25) is 0 Å². The van der Waals surface area contributed by atoms with E-state index in [4.69, 9.17) is 28.9 Å². The van der Waals surface area contributed by atoms with Gasteiger partial charge in [0.25, 0.3) is 0 Å². The normalized spacial score (nSPS) is 12.6. The first-order chi connectivity index (χ1) is 44.5. The Balaban J connectivity index is 1.03. The third-order valence-electron chi connectivity index (χ3n) is 16.0. The Morgan fingerprint density at radius 2 is 0.609 bits per heavy atom. The van der Waals surface area contributed by atoms with Crippen molar-refractivity contribution in [2.45, 2.75) is 106 Å². The van der Waals surface area contributed by atoms with Crippen molar-refractivity contribution in [1.29, 1.82) is 0 Å². The minimum Gasteiger partial charge on any atom is -0.460 e. The molecule has 2 aromatic heterocycles. The van der Waals surface area contributed by atoms with E-state index in [1.165, 1.54) is 0 Å². The maximum atomic E-state index is 14.6. The van der Waals surface area contributed by atoms with Crippen LogP contribution >= 0.6 is 0 Å². The summed E-state index contributed by atoms with van der Waals surface area (Å²) in [6.45, 7) is 16.5. The highest BCUT2D eigenvalue weighted by molar-refractivity contribution is 5.92. The fraction of sp³-hybridized carbons (Fsp3) is 0.225. The van der Waals surface area contributed by atoms with E-state index in [9.17, 15) is 19.2 Å². The summed E-state index contributed by atoms with van der Waals surface area (Å²) < 4.78 is 26.1. The first kappa shape index (κ1) is 64.8. The van der Waals surface area contributed by atoms with Crippen molar-refractivity contribution in [2.75, 3.05) is 13.2 Å². The van der Waals surface area contributed by atoms with Crippen molar-refractivity contribution in [3.05, 3.63) is 331 Å². The summed E-state index contributed by atoms with van der Waals surface area (Å²) in [5.41, 5.74) is 15.0. The number of esters is 4. The molecule has 10 aromatic rings. The molecule has 12 heteroatoms. The summed E-state index contributed by atoms with van der Waals surface area (Å²) >= 11 is 0. The lowest BCUT2D eigenvalue weighted by Crippen LogP contribution is -2.44.